The van der Waals surface area contributed by atoms with Gasteiger partial charge in [-0.2, -0.15) is 5.26 Å². The second-order valence-corrected chi connectivity index (χ2v) is 13.3. The molecule has 0 aliphatic rings. The van der Waals surface area contributed by atoms with Crippen molar-refractivity contribution in [3.63, 3.8) is 0 Å². The molecule has 3 nitrogen and oxygen atoms in total. The van der Waals surface area contributed by atoms with Gasteiger partial charge in [0.1, 0.15) is 0 Å². The molecule has 0 radical (unpaired) electrons. The van der Waals surface area contributed by atoms with E-state index in [0.717, 1.165) is 0 Å². The highest BCUT2D eigenvalue weighted by Crippen LogP contribution is 2.65. The van der Waals surface area contributed by atoms with Crippen LogP contribution in [0.1, 0.15) is 0 Å². The molecule has 0 aromatic heterocycles. The number of rotatable bonds is 6. The van der Waals surface area contributed by atoms with Crippen molar-refractivity contribution in [1.29, 1.82) is 5.26 Å². The topological polar surface area (TPSA) is 57.9 Å². The fraction of sp³-hybridized carbons (Fsp3) is 0.0385. The third-order valence-electron chi connectivity index (χ3n) is 5.36. The molecule has 0 fully saturated rings. The standard InChI is InChI=1S/C26H21NO2P2/c27-21-26(30(28,22-13-5-1-6-14-22)23-15-7-2-8-16-23)31(29,24-17-9-3-10-18-24)25-19-11-4-12-20-25/h1-20,26H. The van der Waals surface area contributed by atoms with Gasteiger partial charge in [0, 0.05) is 21.2 Å². The van der Waals surface area contributed by atoms with E-state index in [2.05, 4.69) is 6.07 Å². The molecule has 0 heterocycles. The number of nitrogens with zero attached hydrogens (tertiary/aromatic N) is 1. The van der Waals surface area contributed by atoms with Crippen LogP contribution in [-0.4, -0.2) is 5.40 Å². The van der Waals surface area contributed by atoms with Crippen molar-refractivity contribution in [2.75, 3.05) is 0 Å². The largest absolute Gasteiger partial charge is 0.312 e. The van der Waals surface area contributed by atoms with Gasteiger partial charge in [0.2, 0.25) is 0 Å². The predicted octanol–water partition coefficient (Wildman–Crippen LogP) is 4.86. The van der Waals surface area contributed by atoms with E-state index in [1.54, 1.807) is 97.1 Å². The Morgan fingerprint density at radius 2 is 0.710 bits per heavy atom. The highest BCUT2D eigenvalue weighted by atomic mass is 31.2. The molecular weight excluding hydrogens is 420 g/mol. The van der Waals surface area contributed by atoms with Crippen LogP contribution in [0, 0.1) is 11.3 Å². The maximum Gasteiger partial charge on any atom is 0.168 e. The molecule has 0 saturated heterocycles. The molecule has 4 rings (SSSR count). The maximum absolute atomic E-state index is 14.9. The van der Waals surface area contributed by atoms with Crippen LogP contribution >= 0.6 is 14.3 Å². The van der Waals surface area contributed by atoms with E-state index in [-0.39, 0.29) is 0 Å². The normalized spacial score (nSPS) is 11.7. The lowest BCUT2D eigenvalue weighted by Gasteiger charge is -2.31. The lowest BCUT2D eigenvalue weighted by atomic mass is 10.4. The predicted molar refractivity (Wildman–Crippen MR) is 129 cm³/mol. The number of benzene rings is 4. The Balaban J connectivity index is 2.06. The summed E-state index contributed by atoms with van der Waals surface area (Å²) in [5.74, 6) is 0. The first-order valence-electron chi connectivity index (χ1n) is 9.93. The van der Waals surface area contributed by atoms with E-state index in [1.807, 2.05) is 24.3 Å². The second kappa shape index (κ2) is 8.91. The quantitative estimate of drug-likeness (QED) is 0.402. The molecule has 4 aromatic rings. The average molecular weight is 441 g/mol. The van der Waals surface area contributed by atoms with E-state index in [9.17, 15) is 14.4 Å². The Hall–Kier alpha value is -3.17. The Morgan fingerprint density at radius 1 is 0.484 bits per heavy atom. The Morgan fingerprint density at radius 3 is 0.903 bits per heavy atom. The molecule has 0 bridgehead atoms. The van der Waals surface area contributed by atoms with Gasteiger partial charge >= 0.3 is 0 Å². The Bertz CT molecular complexity index is 1100. The minimum absolute atomic E-state index is 0.528. The van der Waals surface area contributed by atoms with Crippen LogP contribution in [-0.2, 0) is 9.13 Å². The lowest BCUT2D eigenvalue weighted by Crippen LogP contribution is -2.32. The van der Waals surface area contributed by atoms with E-state index < -0.39 is 19.7 Å². The van der Waals surface area contributed by atoms with Crippen molar-refractivity contribution < 1.29 is 9.13 Å². The van der Waals surface area contributed by atoms with Crippen LogP contribution in [0.15, 0.2) is 121 Å². The summed E-state index contributed by atoms with van der Waals surface area (Å²) in [5, 5.41) is 11.3. The number of nitriles is 1. The number of hydrogen-bond acceptors (Lipinski definition) is 3. The van der Waals surface area contributed by atoms with Crippen LogP contribution < -0.4 is 21.2 Å². The molecule has 0 aliphatic carbocycles. The van der Waals surface area contributed by atoms with Gasteiger partial charge in [-0.05, 0) is 0 Å². The maximum atomic E-state index is 14.9. The average Bonchev–Trinajstić information content (AvgIpc) is 2.86. The van der Waals surface area contributed by atoms with E-state index in [4.69, 9.17) is 0 Å². The van der Waals surface area contributed by atoms with Crippen molar-refractivity contribution in [3.8, 4) is 6.07 Å². The molecule has 31 heavy (non-hydrogen) atoms. The van der Waals surface area contributed by atoms with Gasteiger partial charge in [0.15, 0.2) is 19.7 Å². The van der Waals surface area contributed by atoms with Crippen LogP contribution in [0.3, 0.4) is 0 Å². The molecule has 0 N–H and O–H groups in total. The molecule has 152 valence electrons. The summed E-state index contributed by atoms with van der Waals surface area (Å²) < 4.78 is 29.9. The first kappa shape index (κ1) is 21.1. The first-order chi connectivity index (χ1) is 15.1. The fourth-order valence-corrected chi connectivity index (χ4v) is 11.8. The monoisotopic (exact) mass is 441 g/mol. The highest BCUT2D eigenvalue weighted by Gasteiger charge is 2.50. The van der Waals surface area contributed by atoms with Gasteiger partial charge in [-0.25, -0.2) is 0 Å². The Kier molecular flexibility index (Phi) is 6.06. The molecule has 0 saturated carbocycles. The lowest BCUT2D eigenvalue weighted by molar-refractivity contribution is 0.578. The van der Waals surface area contributed by atoms with E-state index >= 15 is 0 Å². The third-order valence-corrected chi connectivity index (χ3v) is 13.2. The minimum Gasteiger partial charge on any atom is -0.312 e. The van der Waals surface area contributed by atoms with Crippen molar-refractivity contribution >= 4 is 35.5 Å². The summed E-state index contributed by atoms with van der Waals surface area (Å²) >= 11 is 0. The summed E-state index contributed by atoms with van der Waals surface area (Å²) in [4.78, 5) is 0. The zero-order valence-electron chi connectivity index (χ0n) is 16.8. The molecule has 0 aliphatic heterocycles. The molecular formula is C26H21NO2P2. The molecule has 0 atom stereocenters. The molecule has 0 spiro atoms. The van der Waals surface area contributed by atoms with Crippen molar-refractivity contribution in [2.45, 2.75) is 5.40 Å². The first-order valence-corrected chi connectivity index (χ1v) is 13.5. The van der Waals surface area contributed by atoms with E-state index in [0.29, 0.717) is 21.2 Å². The van der Waals surface area contributed by atoms with Crippen molar-refractivity contribution in [3.05, 3.63) is 121 Å². The smallest absolute Gasteiger partial charge is 0.168 e. The van der Waals surface area contributed by atoms with Crippen LogP contribution in [0.2, 0.25) is 0 Å². The fourth-order valence-electron chi connectivity index (χ4n) is 3.85. The third kappa shape index (κ3) is 3.70. The molecule has 0 unspecified atom stereocenters. The summed E-state index contributed by atoms with van der Waals surface area (Å²) in [6, 6.07) is 38.1. The van der Waals surface area contributed by atoms with Gasteiger partial charge in [-0.15, -0.1) is 0 Å². The van der Waals surface area contributed by atoms with Crippen molar-refractivity contribution in [1.82, 2.24) is 0 Å². The summed E-state index contributed by atoms with van der Waals surface area (Å²) in [6.07, 6.45) is 0. The van der Waals surface area contributed by atoms with Gasteiger partial charge in [0.25, 0.3) is 0 Å². The van der Waals surface area contributed by atoms with Crippen molar-refractivity contribution in [2.24, 2.45) is 0 Å². The van der Waals surface area contributed by atoms with Gasteiger partial charge in [-0.3, -0.25) is 0 Å². The SMILES string of the molecule is N#CC(P(=O)(c1ccccc1)c1ccccc1)P(=O)(c1ccccc1)c1ccccc1. The summed E-state index contributed by atoms with van der Waals surface area (Å²) in [7, 11) is -7.22. The zero-order chi connectivity index (χ0) is 21.7. The van der Waals surface area contributed by atoms with Crippen LogP contribution in [0.4, 0.5) is 0 Å². The van der Waals surface area contributed by atoms with Gasteiger partial charge in [-0.1, -0.05) is 121 Å². The van der Waals surface area contributed by atoms with Gasteiger partial charge < -0.3 is 9.13 Å². The molecule has 0 amide bonds. The van der Waals surface area contributed by atoms with E-state index in [1.165, 1.54) is 0 Å². The Labute approximate surface area is 182 Å². The highest BCUT2D eigenvalue weighted by molar-refractivity contribution is 7.95. The van der Waals surface area contributed by atoms with Crippen LogP contribution in [0.5, 0.6) is 0 Å². The molecule has 4 aromatic carbocycles. The summed E-state index contributed by atoms with van der Waals surface area (Å²) in [5.41, 5.74) is 0. The summed E-state index contributed by atoms with van der Waals surface area (Å²) in [6.45, 7) is 0. The second-order valence-electron chi connectivity index (χ2n) is 7.16. The number of hydrogen-bond donors (Lipinski definition) is 0. The minimum atomic E-state index is -3.61. The van der Waals surface area contributed by atoms with Crippen LogP contribution in [0.25, 0.3) is 0 Å². The molecule has 5 heteroatoms. The van der Waals surface area contributed by atoms with Gasteiger partial charge in [0.05, 0.1) is 6.07 Å². The zero-order valence-corrected chi connectivity index (χ0v) is 18.6.